The maximum atomic E-state index is 9.46. The van der Waals surface area contributed by atoms with E-state index in [1.165, 1.54) is 12.6 Å². The topological polar surface area (TPSA) is 120 Å². The Balaban J connectivity index is 1.50. The van der Waals surface area contributed by atoms with Crippen LogP contribution < -0.4 is 15.8 Å². The number of nitrogen functional groups attached to an aromatic ring is 1. The summed E-state index contributed by atoms with van der Waals surface area (Å²) < 4.78 is 11.8. The van der Waals surface area contributed by atoms with Gasteiger partial charge in [0.2, 0.25) is 5.88 Å². The molecule has 0 radical (unpaired) electrons. The number of ether oxygens (including phenoxy) is 2. The average Bonchev–Trinajstić information content (AvgIpc) is 2.89. The molecule has 0 bridgehead atoms. The lowest BCUT2D eigenvalue weighted by molar-refractivity contribution is 0.0189. The number of halogens is 1. The van der Waals surface area contributed by atoms with Gasteiger partial charge in [-0.1, -0.05) is 22.9 Å². The summed E-state index contributed by atoms with van der Waals surface area (Å²) >= 11 is 6.29. The molecular weight excluding hydrogens is 468 g/mol. The highest BCUT2D eigenvalue weighted by molar-refractivity contribution is 6.33. The lowest BCUT2D eigenvalue weighted by Crippen LogP contribution is -2.46. The predicted molar refractivity (Wildman–Crippen MR) is 136 cm³/mol. The lowest BCUT2D eigenvalue weighted by atomic mass is 9.82. The molecule has 3 unspecified atom stereocenters. The van der Waals surface area contributed by atoms with Gasteiger partial charge in [-0.15, -0.1) is 0 Å². The number of pyridine rings is 1. The third kappa shape index (κ3) is 6.79. The molecule has 1 saturated heterocycles. The molecule has 10 heteroatoms. The van der Waals surface area contributed by atoms with Crippen LogP contribution in [0.4, 0.5) is 5.82 Å². The van der Waals surface area contributed by atoms with Gasteiger partial charge in [-0.2, -0.15) is 0 Å². The first-order valence-electron chi connectivity index (χ1n) is 12.3. The van der Waals surface area contributed by atoms with Crippen molar-refractivity contribution in [1.82, 2.24) is 20.3 Å². The van der Waals surface area contributed by atoms with Crippen LogP contribution in [0.3, 0.4) is 0 Å². The molecule has 0 spiro atoms. The number of aromatic nitrogens is 3. The molecule has 2 aromatic heterocycles. The molecule has 0 aromatic carbocycles. The van der Waals surface area contributed by atoms with E-state index in [1.54, 1.807) is 18.5 Å². The van der Waals surface area contributed by atoms with Crippen molar-refractivity contribution in [3.63, 3.8) is 0 Å². The minimum absolute atomic E-state index is 0.0475. The van der Waals surface area contributed by atoms with Crippen LogP contribution in [0.15, 0.2) is 24.7 Å². The van der Waals surface area contributed by atoms with E-state index in [2.05, 4.69) is 26.3 Å². The number of rotatable bonds is 7. The Bertz CT molecular complexity index is 1050. The van der Waals surface area contributed by atoms with E-state index >= 15 is 0 Å². The van der Waals surface area contributed by atoms with Gasteiger partial charge >= 0.3 is 0 Å². The Morgan fingerprint density at radius 2 is 2.11 bits per heavy atom. The fraction of sp³-hybridized carbons (Fsp3) is 0.600. The zero-order chi connectivity index (χ0) is 24.7. The van der Waals surface area contributed by atoms with Crippen molar-refractivity contribution < 1.29 is 14.6 Å². The smallest absolute Gasteiger partial charge is 0.287 e. The van der Waals surface area contributed by atoms with E-state index in [0.29, 0.717) is 47.8 Å². The number of nitrogens with zero attached hydrogens (tertiary/aromatic N) is 4. The average molecular weight is 502 g/mol. The second-order valence-corrected chi connectivity index (χ2v) is 9.87. The highest BCUT2D eigenvalue weighted by Crippen LogP contribution is 2.33. The minimum Gasteiger partial charge on any atom is -0.475 e. The molecule has 2 fully saturated rings. The molecule has 2 aliphatic rings. The summed E-state index contributed by atoms with van der Waals surface area (Å²) in [5.74, 6) is 0.754. The quantitative estimate of drug-likeness (QED) is 0.526. The third-order valence-corrected chi connectivity index (χ3v) is 6.98. The molecule has 3 atom stereocenters. The number of hydrogen-bond acceptors (Lipinski definition) is 8. The van der Waals surface area contributed by atoms with Crippen LogP contribution in [0, 0.1) is 11.5 Å². The molecule has 1 aliphatic heterocycles. The maximum absolute atomic E-state index is 9.46. The molecule has 1 aliphatic carbocycles. The van der Waals surface area contributed by atoms with Crippen molar-refractivity contribution >= 4 is 17.4 Å². The number of aliphatic hydroxyl groups excluding tert-OH is 1. The molecule has 4 N–H and O–H groups in total. The zero-order valence-electron chi connectivity index (χ0n) is 20.1. The molecule has 0 amide bonds. The number of nitrogens with one attached hydrogen (secondary N) is 1. The molecule has 2 aromatic rings. The first-order valence-corrected chi connectivity index (χ1v) is 12.6. The maximum Gasteiger partial charge on any atom is 0.287 e. The van der Waals surface area contributed by atoms with Crippen molar-refractivity contribution in [3.8, 4) is 23.2 Å². The standard InChI is InChI=1S/C25H34ClN6O3/c1-17(14-33)31-21-5-3-2-4-20(21)30-15-25(6-8-34-9-7-25)16-35-24-13-28-12-22(32-24)18-10-23(27)29-11-19(18)26/h10-13,17,20-21,31,33H,2-9,14,16H2,1H3,(H2,27,29)/q+1. The summed E-state index contributed by atoms with van der Waals surface area (Å²) in [6.07, 6.45) is 10.6. The van der Waals surface area contributed by atoms with Crippen molar-refractivity contribution in [2.75, 3.05) is 32.2 Å². The van der Waals surface area contributed by atoms with Crippen LogP contribution in [-0.4, -0.2) is 64.6 Å². The third-order valence-electron chi connectivity index (χ3n) is 6.68. The molecule has 9 nitrogen and oxygen atoms in total. The first-order chi connectivity index (χ1) is 17.0. The van der Waals surface area contributed by atoms with Crippen LogP contribution in [0.25, 0.3) is 16.1 Å². The van der Waals surface area contributed by atoms with Gasteiger partial charge < -0.3 is 25.6 Å². The van der Waals surface area contributed by atoms with Crippen LogP contribution >= 0.6 is 11.6 Å². The predicted octanol–water partition coefficient (Wildman–Crippen LogP) is 3.56. The summed E-state index contributed by atoms with van der Waals surface area (Å²) in [5, 5.41) is 13.4. The number of hydrogen-bond donors (Lipinski definition) is 3. The Labute approximate surface area is 211 Å². The molecule has 188 valence electrons. The number of nitrogens with two attached hydrogens (primary N) is 1. The van der Waals surface area contributed by atoms with Crippen LogP contribution in [0.5, 0.6) is 5.88 Å². The van der Waals surface area contributed by atoms with Crippen molar-refractivity contribution in [1.29, 1.82) is 0 Å². The highest BCUT2D eigenvalue weighted by Gasteiger charge is 2.40. The highest BCUT2D eigenvalue weighted by atomic mass is 35.5. The molecule has 35 heavy (non-hydrogen) atoms. The van der Waals surface area contributed by atoms with E-state index in [9.17, 15) is 5.11 Å². The SMILES string of the molecule is CC(CO)NC1CCCCC1[N+]#CC1(COc2cncc(-c3cc(N)ncc3Cl)n2)CCOCC1. The summed E-state index contributed by atoms with van der Waals surface area (Å²) in [7, 11) is 0. The summed E-state index contributed by atoms with van der Waals surface area (Å²) in [5.41, 5.74) is 6.67. The van der Waals surface area contributed by atoms with Gasteiger partial charge in [0.1, 0.15) is 17.8 Å². The lowest BCUT2D eigenvalue weighted by Gasteiger charge is -2.28. The zero-order valence-corrected chi connectivity index (χ0v) is 20.9. The fourth-order valence-corrected chi connectivity index (χ4v) is 4.76. The first kappa shape index (κ1) is 25.6. The Morgan fingerprint density at radius 3 is 2.91 bits per heavy atom. The van der Waals surface area contributed by atoms with Gasteiger partial charge in [0, 0.05) is 37.4 Å². The van der Waals surface area contributed by atoms with Crippen molar-refractivity contribution in [2.24, 2.45) is 5.41 Å². The second kappa shape index (κ2) is 12.0. The van der Waals surface area contributed by atoms with Crippen LogP contribution in [-0.2, 0) is 4.74 Å². The molecule has 3 heterocycles. The largest absolute Gasteiger partial charge is 0.475 e. The minimum atomic E-state index is -0.362. The molecular formula is C25H34ClN6O3+. The monoisotopic (exact) mass is 501 g/mol. The number of anilines is 1. The van der Waals surface area contributed by atoms with Gasteiger partial charge in [-0.25, -0.2) is 9.97 Å². The second-order valence-electron chi connectivity index (χ2n) is 9.46. The van der Waals surface area contributed by atoms with E-state index < -0.39 is 0 Å². The van der Waals surface area contributed by atoms with E-state index in [1.807, 2.05) is 6.92 Å². The van der Waals surface area contributed by atoms with Gasteiger partial charge in [-0.05, 0) is 38.7 Å². The Hall–Kier alpha value is -2.51. The molecule has 1 saturated carbocycles. The van der Waals surface area contributed by atoms with Gasteiger partial charge in [0.25, 0.3) is 12.1 Å². The summed E-state index contributed by atoms with van der Waals surface area (Å²) in [4.78, 5) is 17.8. The summed E-state index contributed by atoms with van der Waals surface area (Å²) in [6.45, 7) is 3.76. The van der Waals surface area contributed by atoms with E-state index in [-0.39, 0.29) is 30.1 Å². The van der Waals surface area contributed by atoms with E-state index in [4.69, 9.17) is 31.7 Å². The Morgan fingerprint density at radius 1 is 1.31 bits per heavy atom. The van der Waals surface area contributed by atoms with Gasteiger partial charge in [0.15, 0.2) is 0 Å². The van der Waals surface area contributed by atoms with Crippen LogP contribution in [0.2, 0.25) is 5.02 Å². The van der Waals surface area contributed by atoms with E-state index in [0.717, 1.165) is 32.1 Å². The van der Waals surface area contributed by atoms with Crippen LogP contribution in [0.1, 0.15) is 45.4 Å². The van der Waals surface area contributed by atoms with Crippen molar-refractivity contribution in [2.45, 2.75) is 63.6 Å². The fourth-order valence-electron chi connectivity index (χ4n) is 4.56. The molecule has 4 rings (SSSR count). The number of aliphatic hydroxyl groups is 1. The summed E-state index contributed by atoms with van der Waals surface area (Å²) in [6, 6.07) is 5.58. The van der Waals surface area contributed by atoms with Gasteiger partial charge in [0.05, 0.1) is 35.8 Å². The van der Waals surface area contributed by atoms with Crippen molar-refractivity contribution in [3.05, 3.63) is 34.5 Å². The van der Waals surface area contributed by atoms with Gasteiger partial charge in [-0.3, -0.25) is 4.98 Å². The Kier molecular flexibility index (Phi) is 8.74. The normalized spacial score (nSPS) is 22.6.